The van der Waals surface area contributed by atoms with Crippen LogP contribution in [0.3, 0.4) is 0 Å². The predicted molar refractivity (Wildman–Crippen MR) is 62.3 cm³/mol. The van der Waals surface area contributed by atoms with Gasteiger partial charge in [0, 0.05) is 32.5 Å². The summed E-state index contributed by atoms with van der Waals surface area (Å²) in [5.41, 5.74) is -0.179. The molecule has 2 rings (SSSR count). The highest BCUT2D eigenvalue weighted by Crippen LogP contribution is 2.15. The first-order chi connectivity index (χ1) is 8.09. The molecule has 1 saturated heterocycles. The monoisotopic (exact) mass is 238 g/mol. The van der Waals surface area contributed by atoms with Gasteiger partial charge in [0.15, 0.2) is 0 Å². The lowest BCUT2D eigenvalue weighted by molar-refractivity contribution is -0.145. The molecule has 0 spiro atoms. The fourth-order valence-corrected chi connectivity index (χ4v) is 1.62. The topological polar surface area (TPSA) is 70.2 Å². The predicted octanol–water partition coefficient (Wildman–Crippen LogP) is -0.253. The zero-order valence-corrected chi connectivity index (χ0v) is 10.2. The second-order valence-corrected chi connectivity index (χ2v) is 4.63. The number of nitrogens with one attached hydrogen (secondary N) is 2. The van der Waals surface area contributed by atoms with E-state index in [1.54, 1.807) is 24.3 Å². The van der Waals surface area contributed by atoms with Gasteiger partial charge in [0.1, 0.15) is 12.4 Å². The number of hydrogen-bond donors (Lipinski definition) is 2. The van der Waals surface area contributed by atoms with E-state index in [9.17, 15) is 4.79 Å². The molecule has 0 aromatic carbocycles. The van der Waals surface area contributed by atoms with E-state index in [1.807, 2.05) is 6.92 Å². The summed E-state index contributed by atoms with van der Waals surface area (Å²) in [6, 6.07) is 0. The van der Waals surface area contributed by atoms with E-state index in [2.05, 4.69) is 15.3 Å². The minimum atomic E-state index is -0.179. The normalized spacial score (nSPS) is 17.5. The number of nitrogens with zero attached hydrogens (tertiary/aromatic N) is 2. The number of carbonyl (C=O) groups is 1. The lowest BCUT2D eigenvalue weighted by atomic mass is 10.0. The molecule has 1 aromatic heterocycles. The SMILES string of the molecule is CN(Cc1ncc[nH]1)C(=O)COC1(C)CNC1. The standard InChI is InChI=1S/C11H18N4O2/c1-11(7-12-8-11)17-6-10(16)15(2)5-9-13-3-4-14-9/h3-4,12H,5-8H2,1-2H3,(H,13,14). The summed E-state index contributed by atoms with van der Waals surface area (Å²) in [7, 11) is 1.75. The maximum Gasteiger partial charge on any atom is 0.248 e. The van der Waals surface area contributed by atoms with Gasteiger partial charge in [-0.1, -0.05) is 0 Å². The van der Waals surface area contributed by atoms with Crippen LogP contribution in [0, 0.1) is 0 Å². The van der Waals surface area contributed by atoms with Crippen LogP contribution in [-0.2, 0) is 16.1 Å². The van der Waals surface area contributed by atoms with E-state index in [1.165, 1.54) is 0 Å². The Morgan fingerprint density at radius 2 is 2.41 bits per heavy atom. The molecule has 6 nitrogen and oxygen atoms in total. The number of amides is 1. The summed E-state index contributed by atoms with van der Waals surface area (Å²) >= 11 is 0. The highest BCUT2D eigenvalue weighted by Gasteiger charge is 2.33. The highest BCUT2D eigenvalue weighted by molar-refractivity contribution is 5.77. The quantitative estimate of drug-likeness (QED) is 0.742. The Labute approximate surface area is 100 Å². The van der Waals surface area contributed by atoms with E-state index >= 15 is 0 Å². The number of rotatable bonds is 5. The van der Waals surface area contributed by atoms with Gasteiger partial charge in [0.25, 0.3) is 0 Å². The van der Waals surface area contributed by atoms with Crippen LogP contribution in [0.1, 0.15) is 12.7 Å². The van der Waals surface area contributed by atoms with Crippen molar-refractivity contribution in [3.63, 3.8) is 0 Å². The molecule has 17 heavy (non-hydrogen) atoms. The van der Waals surface area contributed by atoms with E-state index in [0.717, 1.165) is 18.9 Å². The van der Waals surface area contributed by atoms with Crippen LogP contribution in [0.4, 0.5) is 0 Å². The van der Waals surface area contributed by atoms with E-state index in [0.29, 0.717) is 6.54 Å². The number of likely N-dealkylation sites (N-methyl/N-ethyl adjacent to an activating group) is 1. The summed E-state index contributed by atoms with van der Waals surface area (Å²) in [6.45, 7) is 4.22. The molecule has 1 aliphatic heterocycles. The Kier molecular flexibility index (Phi) is 3.44. The third-order valence-electron chi connectivity index (χ3n) is 2.91. The minimum Gasteiger partial charge on any atom is -0.363 e. The van der Waals surface area contributed by atoms with Crippen LogP contribution >= 0.6 is 0 Å². The van der Waals surface area contributed by atoms with Gasteiger partial charge < -0.3 is 19.9 Å². The maximum atomic E-state index is 11.8. The van der Waals surface area contributed by atoms with Crippen molar-refractivity contribution in [1.29, 1.82) is 0 Å². The van der Waals surface area contributed by atoms with Crippen LogP contribution in [0.5, 0.6) is 0 Å². The van der Waals surface area contributed by atoms with Crippen molar-refractivity contribution in [2.75, 3.05) is 26.7 Å². The van der Waals surface area contributed by atoms with Gasteiger partial charge in [-0.3, -0.25) is 4.79 Å². The molecule has 1 aromatic rings. The van der Waals surface area contributed by atoms with Gasteiger partial charge in [-0.05, 0) is 6.92 Å². The van der Waals surface area contributed by atoms with Crippen LogP contribution in [0.25, 0.3) is 0 Å². The summed E-state index contributed by atoms with van der Waals surface area (Å²) in [6.07, 6.45) is 3.41. The third kappa shape index (κ3) is 3.04. The summed E-state index contributed by atoms with van der Waals surface area (Å²) in [5, 5.41) is 3.13. The van der Waals surface area contributed by atoms with Crippen molar-refractivity contribution in [2.24, 2.45) is 0 Å². The molecular weight excluding hydrogens is 220 g/mol. The molecule has 94 valence electrons. The summed E-state index contributed by atoms with van der Waals surface area (Å²) < 4.78 is 5.58. The number of aromatic nitrogens is 2. The fraction of sp³-hybridized carbons (Fsp3) is 0.636. The lowest BCUT2D eigenvalue weighted by Gasteiger charge is -2.39. The van der Waals surface area contributed by atoms with Crippen LogP contribution in [0.2, 0.25) is 0 Å². The maximum absolute atomic E-state index is 11.8. The van der Waals surface area contributed by atoms with Gasteiger partial charge >= 0.3 is 0 Å². The first kappa shape index (κ1) is 12.1. The van der Waals surface area contributed by atoms with Gasteiger partial charge in [-0.2, -0.15) is 0 Å². The second-order valence-electron chi connectivity index (χ2n) is 4.63. The molecule has 0 bridgehead atoms. The molecule has 0 saturated carbocycles. The number of H-pyrrole nitrogens is 1. The lowest BCUT2D eigenvalue weighted by Crippen LogP contribution is -2.59. The number of aromatic amines is 1. The molecule has 2 N–H and O–H groups in total. The smallest absolute Gasteiger partial charge is 0.248 e. The first-order valence-electron chi connectivity index (χ1n) is 5.66. The average molecular weight is 238 g/mol. The molecule has 0 radical (unpaired) electrons. The van der Waals surface area contributed by atoms with E-state index in [4.69, 9.17) is 4.74 Å². The Hall–Kier alpha value is -1.40. The van der Waals surface area contributed by atoms with Crippen molar-refractivity contribution in [3.05, 3.63) is 18.2 Å². The van der Waals surface area contributed by atoms with Crippen molar-refractivity contribution in [3.8, 4) is 0 Å². The number of ether oxygens (including phenoxy) is 1. The number of carbonyl (C=O) groups excluding carboxylic acids is 1. The molecule has 1 fully saturated rings. The zero-order valence-electron chi connectivity index (χ0n) is 10.2. The van der Waals surface area contributed by atoms with Gasteiger partial charge in [0.05, 0.1) is 12.1 Å². The van der Waals surface area contributed by atoms with Gasteiger partial charge in [0.2, 0.25) is 5.91 Å². The van der Waals surface area contributed by atoms with Crippen molar-refractivity contribution >= 4 is 5.91 Å². The minimum absolute atomic E-state index is 0.0328. The molecule has 0 aliphatic carbocycles. The average Bonchev–Trinajstić information content (AvgIpc) is 2.75. The zero-order chi connectivity index (χ0) is 12.3. The summed E-state index contributed by atoms with van der Waals surface area (Å²) in [5.74, 6) is 0.742. The Balaban J connectivity index is 1.75. The first-order valence-corrected chi connectivity index (χ1v) is 5.66. The number of hydrogen-bond acceptors (Lipinski definition) is 4. The van der Waals surface area contributed by atoms with E-state index in [-0.39, 0.29) is 18.1 Å². The van der Waals surface area contributed by atoms with Gasteiger partial charge in [-0.25, -0.2) is 4.98 Å². The Bertz CT molecular complexity index is 373. The van der Waals surface area contributed by atoms with Crippen LogP contribution in [0.15, 0.2) is 12.4 Å². The number of imidazole rings is 1. The molecular formula is C11H18N4O2. The molecule has 1 amide bonds. The van der Waals surface area contributed by atoms with Crippen molar-refractivity contribution < 1.29 is 9.53 Å². The van der Waals surface area contributed by atoms with Gasteiger partial charge in [-0.15, -0.1) is 0 Å². The molecule has 0 atom stereocenters. The van der Waals surface area contributed by atoms with E-state index < -0.39 is 0 Å². The third-order valence-corrected chi connectivity index (χ3v) is 2.91. The second kappa shape index (κ2) is 4.85. The van der Waals surface area contributed by atoms with Crippen molar-refractivity contribution in [1.82, 2.24) is 20.2 Å². The highest BCUT2D eigenvalue weighted by atomic mass is 16.5. The molecule has 1 aliphatic rings. The van der Waals surface area contributed by atoms with Crippen molar-refractivity contribution in [2.45, 2.75) is 19.1 Å². The molecule has 0 unspecified atom stereocenters. The molecule has 6 heteroatoms. The Morgan fingerprint density at radius 1 is 1.65 bits per heavy atom. The molecule has 2 heterocycles. The van der Waals surface area contributed by atoms with Crippen LogP contribution < -0.4 is 5.32 Å². The summed E-state index contributed by atoms with van der Waals surface area (Å²) in [4.78, 5) is 20.4. The Morgan fingerprint density at radius 3 is 2.94 bits per heavy atom. The largest absolute Gasteiger partial charge is 0.363 e. The van der Waals surface area contributed by atoms with Crippen LogP contribution in [-0.4, -0.2) is 53.1 Å². The fourth-order valence-electron chi connectivity index (χ4n) is 1.62.